The fourth-order valence-corrected chi connectivity index (χ4v) is 3.33. The molecule has 1 aromatic heterocycles. The van der Waals surface area contributed by atoms with Crippen LogP contribution >= 0.6 is 27.5 Å². The van der Waals surface area contributed by atoms with Crippen molar-refractivity contribution in [3.8, 4) is 17.1 Å². The third kappa shape index (κ3) is 4.09. The van der Waals surface area contributed by atoms with Gasteiger partial charge in [-0.15, -0.1) is 5.10 Å². The summed E-state index contributed by atoms with van der Waals surface area (Å²) in [7, 11) is 0. The summed E-state index contributed by atoms with van der Waals surface area (Å²) in [5, 5.41) is 7.95. The summed E-state index contributed by atoms with van der Waals surface area (Å²) in [6, 6.07) is 22.5. The van der Waals surface area contributed by atoms with E-state index in [2.05, 4.69) is 31.3 Å². The summed E-state index contributed by atoms with van der Waals surface area (Å²) in [6.07, 6.45) is 0. The van der Waals surface area contributed by atoms with Gasteiger partial charge in [0.15, 0.2) is 5.82 Å². The zero-order valence-electron chi connectivity index (χ0n) is 15.4. The summed E-state index contributed by atoms with van der Waals surface area (Å²) < 4.78 is 2.61. The maximum atomic E-state index is 12.8. The van der Waals surface area contributed by atoms with Crippen LogP contribution in [-0.2, 0) is 0 Å². The van der Waals surface area contributed by atoms with Gasteiger partial charge >= 0.3 is 0 Å². The molecule has 4 aromatic rings. The van der Waals surface area contributed by atoms with Gasteiger partial charge in [0.25, 0.3) is 5.91 Å². The van der Waals surface area contributed by atoms with Crippen molar-refractivity contribution in [2.45, 2.75) is 6.92 Å². The Labute approximate surface area is 181 Å². The number of aromatic nitrogens is 3. The van der Waals surface area contributed by atoms with Crippen molar-refractivity contribution in [3.63, 3.8) is 0 Å². The smallest absolute Gasteiger partial charge is 0.295 e. The van der Waals surface area contributed by atoms with Crippen molar-refractivity contribution in [1.29, 1.82) is 0 Å². The number of para-hydroxylation sites is 1. The van der Waals surface area contributed by atoms with E-state index in [4.69, 9.17) is 11.6 Å². The number of nitrogens with one attached hydrogen (secondary N) is 1. The van der Waals surface area contributed by atoms with Gasteiger partial charge in [-0.3, -0.25) is 4.79 Å². The molecule has 0 aliphatic heterocycles. The second-order valence-electron chi connectivity index (χ2n) is 6.38. The standard InChI is InChI=1S/C22H16BrClN4O/c1-14-18(24)8-5-9-19(14)28-21(15-10-12-16(23)13-11-15)26-20(27-28)22(29)25-17-6-3-2-4-7-17/h2-13H,1H3,(H,25,29). The number of carbonyl (C=O) groups is 1. The van der Waals surface area contributed by atoms with Gasteiger partial charge in [-0.1, -0.05) is 63.9 Å². The summed E-state index contributed by atoms with van der Waals surface area (Å²) in [4.78, 5) is 17.3. The van der Waals surface area contributed by atoms with E-state index in [1.54, 1.807) is 4.68 Å². The molecular formula is C22H16BrClN4O. The lowest BCUT2D eigenvalue weighted by Crippen LogP contribution is -2.14. The van der Waals surface area contributed by atoms with E-state index in [-0.39, 0.29) is 11.7 Å². The van der Waals surface area contributed by atoms with Gasteiger partial charge in [0, 0.05) is 20.7 Å². The van der Waals surface area contributed by atoms with Gasteiger partial charge in [0.2, 0.25) is 5.82 Å². The van der Waals surface area contributed by atoms with Crippen molar-refractivity contribution in [2.24, 2.45) is 0 Å². The predicted octanol–water partition coefficient (Wildman–Crippen LogP) is 5.91. The fraction of sp³-hybridized carbons (Fsp3) is 0.0455. The molecular weight excluding hydrogens is 452 g/mol. The largest absolute Gasteiger partial charge is 0.319 e. The highest BCUT2D eigenvalue weighted by Gasteiger charge is 2.20. The molecule has 0 aliphatic carbocycles. The van der Waals surface area contributed by atoms with Crippen molar-refractivity contribution in [3.05, 3.63) is 93.7 Å². The molecule has 7 heteroatoms. The normalized spacial score (nSPS) is 10.7. The number of hydrogen-bond donors (Lipinski definition) is 1. The molecule has 0 bridgehead atoms. The monoisotopic (exact) mass is 466 g/mol. The third-order valence-corrected chi connectivity index (χ3v) is 5.35. The molecule has 3 aromatic carbocycles. The third-order valence-electron chi connectivity index (χ3n) is 4.41. The number of hydrogen-bond acceptors (Lipinski definition) is 3. The van der Waals surface area contributed by atoms with Crippen LogP contribution in [0.15, 0.2) is 77.3 Å². The van der Waals surface area contributed by atoms with Crippen LogP contribution in [0.2, 0.25) is 5.02 Å². The Bertz CT molecular complexity index is 1170. The van der Waals surface area contributed by atoms with Crippen molar-refractivity contribution in [2.75, 3.05) is 5.32 Å². The van der Waals surface area contributed by atoms with Gasteiger partial charge in [-0.25, -0.2) is 9.67 Å². The van der Waals surface area contributed by atoms with E-state index in [9.17, 15) is 4.79 Å². The number of rotatable bonds is 4. The highest BCUT2D eigenvalue weighted by Crippen LogP contribution is 2.27. The molecule has 0 radical (unpaired) electrons. The lowest BCUT2D eigenvalue weighted by molar-refractivity contribution is 0.101. The fourth-order valence-electron chi connectivity index (χ4n) is 2.90. The molecule has 144 valence electrons. The average molecular weight is 468 g/mol. The van der Waals surface area contributed by atoms with E-state index in [0.29, 0.717) is 16.5 Å². The zero-order chi connectivity index (χ0) is 20.4. The van der Waals surface area contributed by atoms with E-state index in [1.165, 1.54) is 0 Å². The lowest BCUT2D eigenvalue weighted by atomic mass is 10.1. The summed E-state index contributed by atoms with van der Waals surface area (Å²) in [6.45, 7) is 1.91. The lowest BCUT2D eigenvalue weighted by Gasteiger charge is -2.10. The van der Waals surface area contributed by atoms with Gasteiger partial charge < -0.3 is 5.32 Å². The van der Waals surface area contributed by atoms with Gasteiger partial charge in [0.05, 0.1) is 5.69 Å². The summed E-state index contributed by atoms with van der Waals surface area (Å²) in [5.41, 5.74) is 3.13. The molecule has 0 aliphatic rings. The van der Waals surface area contributed by atoms with E-state index >= 15 is 0 Å². The number of anilines is 1. The first kappa shape index (κ1) is 19.4. The van der Waals surface area contributed by atoms with E-state index < -0.39 is 0 Å². The van der Waals surface area contributed by atoms with E-state index in [0.717, 1.165) is 21.3 Å². The van der Waals surface area contributed by atoms with Crippen LogP contribution < -0.4 is 5.32 Å². The van der Waals surface area contributed by atoms with Crippen LogP contribution in [0.3, 0.4) is 0 Å². The number of halogens is 2. The Morgan fingerprint density at radius 2 is 1.72 bits per heavy atom. The van der Waals surface area contributed by atoms with Gasteiger partial charge in [0.1, 0.15) is 0 Å². The Kier molecular flexibility index (Phi) is 5.47. The molecule has 0 saturated heterocycles. The molecule has 0 saturated carbocycles. The number of amides is 1. The Balaban J connectivity index is 1.81. The van der Waals surface area contributed by atoms with Crippen molar-refractivity contribution < 1.29 is 4.79 Å². The molecule has 1 N–H and O–H groups in total. The second kappa shape index (κ2) is 8.19. The number of carbonyl (C=O) groups excluding carboxylic acids is 1. The summed E-state index contributed by atoms with van der Waals surface area (Å²) in [5.74, 6) is 0.250. The molecule has 1 heterocycles. The van der Waals surface area contributed by atoms with Crippen molar-refractivity contribution in [1.82, 2.24) is 14.8 Å². The van der Waals surface area contributed by atoms with Crippen LogP contribution in [0.25, 0.3) is 17.1 Å². The molecule has 0 spiro atoms. The first-order valence-corrected chi connectivity index (χ1v) is 10.0. The summed E-state index contributed by atoms with van der Waals surface area (Å²) >= 11 is 9.76. The van der Waals surface area contributed by atoms with E-state index in [1.807, 2.05) is 79.7 Å². The minimum Gasteiger partial charge on any atom is -0.319 e. The Hall–Kier alpha value is -2.96. The highest BCUT2D eigenvalue weighted by atomic mass is 79.9. The molecule has 4 rings (SSSR count). The molecule has 1 amide bonds. The maximum Gasteiger partial charge on any atom is 0.295 e. The highest BCUT2D eigenvalue weighted by molar-refractivity contribution is 9.10. The average Bonchev–Trinajstić information content (AvgIpc) is 3.17. The number of nitrogens with zero attached hydrogens (tertiary/aromatic N) is 3. The maximum absolute atomic E-state index is 12.8. The van der Waals surface area contributed by atoms with Crippen LogP contribution in [0.1, 0.15) is 16.2 Å². The van der Waals surface area contributed by atoms with Crippen molar-refractivity contribution >= 4 is 39.1 Å². The van der Waals surface area contributed by atoms with Gasteiger partial charge in [-0.05, 0) is 48.9 Å². The van der Waals surface area contributed by atoms with Crippen LogP contribution in [0.5, 0.6) is 0 Å². The van der Waals surface area contributed by atoms with Crippen LogP contribution in [0.4, 0.5) is 5.69 Å². The molecule has 5 nitrogen and oxygen atoms in total. The minimum atomic E-state index is -0.381. The second-order valence-corrected chi connectivity index (χ2v) is 7.70. The van der Waals surface area contributed by atoms with Gasteiger partial charge in [-0.2, -0.15) is 0 Å². The SMILES string of the molecule is Cc1c(Cl)cccc1-n1nc(C(=O)Nc2ccccc2)nc1-c1ccc(Br)cc1. The molecule has 29 heavy (non-hydrogen) atoms. The zero-order valence-corrected chi connectivity index (χ0v) is 17.8. The number of benzene rings is 3. The Morgan fingerprint density at radius 1 is 1.00 bits per heavy atom. The van der Waals surface area contributed by atoms with Crippen LogP contribution in [0, 0.1) is 6.92 Å². The molecule has 0 atom stereocenters. The quantitative estimate of drug-likeness (QED) is 0.406. The predicted molar refractivity (Wildman–Crippen MR) is 119 cm³/mol. The van der Waals surface area contributed by atoms with Crippen LogP contribution in [-0.4, -0.2) is 20.7 Å². The first-order valence-electron chi connectivity index (χ1n) is 8.88. The topological polar surface area (TPSA) is 59.8 Å². The molecule has 0 fully saturated rings. The molecule has 0 unspecified atom stereocenters. The minimum absolute atomic E-state index is 0.0751. The Morgan fingerprint density at radius 3 is 2.45 bits per heavy atom. The first-order chi connectivity index (χ1) is 14.0.